The van der Waals surface area contributed by atoms with E-state index in [9.17, 15) is 0 Å². The third kappa shape index (κ3) is 12.7. The second-order valence-electron chi connectivity index (χ2n) is 5.29. The lowest BCUT2D eigenvalue weighted by Crippen LogP contribution is -2.50. The minimum atomic E-state index is -1.86. The van der Waals surface area contributed by atoms with Crippen molar-refractivity contribution in [3.05, 3.63) is 0 Å². The van der Waals surface area contributed by atoms with E-state index >= 15 is 0 Å². The van der Waals surface area contributed by atoms with Crippen LogP contribution in [0.15, 0.2) is 0 Å². The van der Waals surface area contributed by atoms with Crippen molar-refractivity contribution in [2.75, 3.05) is 92.5 Å². The van der Waals surface area contributed by atoms with Gasteiger partial charge in [-0.15, -0.1) is 0 Å². The molecule has 0 fully saturated rings. The van der Waals surface area contributed by atoms with Crippen LogP contribution in [-0.4, -0.2) is 135 Å². The Balaban J connectivity index is 5.21. The van der Waals surface area contributed by atoms with Crippen LogP contribution >= 0.6 is 0 Å². The van der Waals surface area contributed by atoms with Crippen molar-refractivity contribution in [3.63, 3.8) is 0 Å². The summed E-state index contributed by atoms with van der Waals surface area (Å²) in [5.41, 5.74) is 0. The zero-order valence-corrected chi connectivity index (χ0v) is 16.4. The highest BCUT2D eigenvalue weighted by Crippen LogP contribution is 2.21. The van der Waals surface area contributed by atoms with Crippen molar-refractivity contribution in [2.45, 2.75) is 11.9 Å². The molecule has 176 valence electrons. The summed E-state index contributed by atoms with van der Waals surface area (Å²) < 4.78 is 37.6. The number of aliphatic hydroxyl groups excluding tert-OH is 6. The molecule has 6 N–H and O–H groups in total. The Morgan fingerprint density at radius 3 is 0.759 bits per heavy atom. The van der Waals surface area contributed by atoms with E-state index in [4.69, 9.17) is 63.8 Å². The summed E-state index contributed by atoms with van der Waals surface area (Å²) in [5.74, 6) is -3.71. The van der Waals surface area contributed by atoms with E-state index in [0.717, 1.165) is 0 Å². The van der Waals surface area contributed by atoms with E-state index in [2.05, 4.69) is 0 Å². The third-order valence-corrected chi connectivity index (χ3v) is 3.04. The molecule has 0 rings (SSSR count). The van der Waals surface area contributed by atoms with Gasteiger partial charge in [-0.05, 0) is 0 Å². The normalized spacial score (nSPS) is 12.6. The second-order valence-corrected chi connectivity index (χ2v) is 5.29. The molecule has 13 nitrogen and oxygen atoms in total. The van der Waals surface area contributed by atoms with Crippen molar-refractivity contribution >= 4 is 0 Å². The summed E-state index contributed by atoms with van der Waals surface area (Å²) in [5, 5.41) is 54.1. The van der Waals surface area contributed by atoms with Gasteiger partial charge in [-0.2, -0.15) is 0 Å². The van der Waals surface area contributed by atoms with Crippen LogP contribution in [0.1, 0.15) is 0 Å². The van der Waals surface area contributed by atoms with Crippen molar-refractivity contribution < 1.29 is 63.8 Å². The molecule has 0 aromatic carbocycles. The fourth-order valence-corrected chi connectivity index (χ4v) is 2.01. The molecule has 0 saturated heterocycles. The number of ether oxygens (including phenoxy) is 7. The van der Waals surface area contributed by atoms with Crippen molar-refractivity contribution in [1.82, 2.24) is 0 Å². The van der Waals surface area contributed by atoms with Crippen LogP contribution in [0.25, 0.3) is 0 Å². The fraction of sp³-hybridized carbons (Fsp3) is 1.00. The molecule has 0 aliphatic carbocycles. The lowest BCUT2D eigenvalue weighted by atomic mass is 10.5. The molecule has 0 amide bonds. The zero-order chi connectivity index (χ0) is 21.8. The SMILES string of the molecule is OCCOC(COCC(OCCO)(OCCO)OCCO)(OCCO)OCCO. The molecule has 0 aromatic rings. The standard InChI is InChI=1S/C16H34O13/c17-1-7-24-15(25-8-2-18,26-9-3-19)13-23-14-16(27-10-4-20,28-11-5-21)29-12-6-22/h17-22H,1-14H2. The molecule has 0 aliphatic heterocycles. The number of hydrogen-bond donors (Lipinski definition) is 6. The van der Waals surface area contributed by atoms with E-state index < -0.39 is 25.2 Å². The Kier molecular flexibility index (Phi) is 17.9. The summed E-state index contributed by atoms with van der Waals surface area (Å²) >= 11 is 0. The summed E-state index contributed by atoms with van der Waals surface area (Å²) in [4.78, 5) is 0. The molecule has 0 aliphatic rings. The van der Waals surface area contributed by atoms with Crippen LogP contribution in [0.2, 0.25) is 0 Å². The van der Waals surface area contributed by atoms with Crippen LogP contribution in [0.3, 0.4) is 0 Å². The van der Waals surface area contributed by atoms with Gasteiger partial charge in [0, 0.05) is 0 Å². The van der Waals surface area contributed by atoms with Gasteiger partial charge in [-0.25, -0.2) is 0 Å². The molecule has 0 aromatic heterocycles. The van der Waals surface area contributed by atoms with Crippen LogP contribution in [0.4, 0.5) is 0 Å². The second kappa shape index (κ2) is 18.3. The van der Waals surface area contributed by atoms with Gasteiger partial charge >= 0.3 is 11.9 Å². The first-order chi connectivity index (χ1) is 14.1. The number of aliphatic hydroxyl groups is 6. The van der Waals surface area contributed by atoms with Gasteiger partial charge in [0.2, 0.25) is 0 Å². The lowest BCUT2D eigenvalue weighted by Gasteiger charge is -2.35. The fourth-order valence-electron chi connectivity index (χ4n) is 2.01. The zero-order valence-electron chi connectivity index (χ0n) is 16.4. The van der Waals surface area contributed by atoms with Gasteiger partial charge < -0.3 is 63.8 Å². The smallest absolute Gasteiger partial charge is 0.308 e. The topological polar surface area (TPSA) is 186 Å². The predicted molar refractivity (Wildman–Crippen MR) is 94.5 cm³/mol. The maximum absolute atomic E-state index is 9.02. The molecule has 0 bridgehead atoms. The Bertz CT molecular complexity index is 282. The predicted octanol–water partition coefficient (Wildman–Crippen LogP) is -3.64. The molecular formula is C16H34O13. The average Bonchev–Trinajstić information content (AvgIpc) is 2.75. The van der Waals surface area contributed by atoms with E-state index in [1.165, 1.54) is 0 Å². The van der Waals surface area contributed by atoms with E-state index in [1.54, 1.807) is 0 Å². The summed E-state index contributed by atoms with van der Waals surface area (Å²) in [6, 6.07) is 0. The maximum atomic E-state index is 9.02. The minimum Gasteiger partial charge on any atom is -0.394 e. The van der Waals surface area contributed by atoms with E-state index in [0.29, 0.717) is 0 Å². The Hall–Kier alpha value is -0.520. The molecule has 29 heavy (non-hydrogen) atoms. The highest BCUT2D eigenvalue weighted by atomic mass is 16.9. The third-order valence-electron chi connectivity index (χ3n) is 3.04. The molecule has 0 saturated carbocycles. The van der Waals surface area contributed by atoms with Crippen LogP contribution in [0, 0.1) is 0 Å². The van der Waals surface area contributed by atoms with Crippen LogP contribution in [0.5, 0.6) is 0 Å². The Labute approximate surface area is 169 Å². The maximum Gasteiger partial charge on any atom is 0.308 e. The van der Waals surface area contributed by atoms with Gasteiger partial charge in [0.25, 0.3) is 0 Å². The molecule has 0 spiro atoms. The first kappa shape index (κ1) is 28.5. The van der Waals surface area contributed by atoms with Crippen LogP contribution < -0.4 is 0 Å². The van der Waals surface area contributed by atoms with Gasteiger partial charge in [0.05, 0.1) is 79.3 Å². The van der Waals surface area contributed by atoms with E-state index in [1.807, 2.05) is 0 Å². The quantitative estimate of drug-likeness (QED) is 0.0917. The molecule has 0 heterocycles. The monoisotopic (exact) mass is 434 g/mol. The molecule has 0 atom stereocenters. The van der Waals surface area contributed by atoms with Crippen molar-refractivity contribution in [3.8, 4) is 0 Å². The van der Waals surface area contributed by atoms with Crippen molar-refractivity contribution in [2.24, 2.45) is 0 Å². The first-order valence-corrected chi connectivity index (χ1v) is 9.14. The Morgan fingerprint density at radius 2 is 0.586 bits per heavy atom. The molecule has 0 unspecified atom stereocenters. The number of hydrogen-bond acceptors (Lipinski definition) is 13. The molecule has 0 radical (unpaired) electrons. The van der Waals surface area contributed by atoms with Gasteiger partial charge in [-0.1, -0.05) is 0 Å². The molecular weight excluding hydrogens is 400 g/mol. The van der Waals surface area contributed by atoms with Gasteiger partial charge in [0.15, 0.2) is 0 Å². The molecule has 13 heteroatoms. The lowest BCUT2D eigenvalue weighted by molar-refractivity contribution is -0.423. The Morgan fingerprint density at radius 1 is 0.379 bits per heavy atom. The van der Waals surface area contributed by atoms with Gasteiger partial charge in [-0.3, -0.25) is 0 Å². The summed E-state index contributed by atoms with van der Waals surface area (Å²) in [7, 11) is 0. The summed E-state index contributed by atoms with van der Waals surface area (Å²) in [6.45, 7) is -4.06. The highest BCUT2D eigenvalue weighted by Gasteiger charge is 2.39. The average molecular weight is 434 g/mol. The van der Waals surface area contributed by atoms with Crippen LogP contribution in [-0.2, 0) is 33.2 Å². The number of rotatable bonds is 22. The van der Waals surface area contributed by atoms with E-state index in [-0.39, 0.29) is 79.3 Å². The first-order valence-electron chi connectivity index (χ1n) is 9.14. The minimum absolute atomic E-state index is 0.186. The largest absolute Gasteiger partial charge is 0.394 e. The van der Waals surface area contributed by atoms with Gasteiger partial charge in [0.1, 0.15) is 13.2 Å². The summed E-state index contributed by atoms with van der Waals surface area (Å²) in [6.07, 6.45) is 0. The highest BCUT2D eigenvalue weighted by molar-refractivity contribution is 4.63. The van der Waals surface area contributed by atoms with Crippen molar-refractivity contribution in [1.29, 1.82) is 0 Å².